The Morgan fingerprint density at radius 3 is 2.62 bits per heavy atom. The minimum Gasteiger partial charge on any atom is -0.453 e. The number of para-hydroxylation sites is 1. The molecule has 0 aliphatic carbocycles. The topological polar surface area (TPSA) is 75.7 Å². The zero-order valence-electron chi connectivity index (χ0n) is 16.3. The lowest BCUT2D eigenvalue weighted by atomic mass is 10.0. The van der Waals surface area contributed by atoms with Gasteiger partial charge in [-0.2, -0.15) is 0 Å². The maximum atomic E-state index is 12.9. The second kappa shape index (κ2) is 7.55. The van der Waals surface area contributed by atoms with Crippen LogP contribution in [0.2, 0.25) is 0 Å². The molecule has 0 aromatic heterocycles. The molecule has 1 atom stereocenters. The number of carbonyl (C=O) groups excluding carboxylic acids is 3. The summed E-state index contributed by atoms with van der Waals surface area (Å²) in [4.78, 5) is 38.9. The van der Waals surface area contributed by atoms with Crippen LogP contribution in [0.4, 0.5) is 11.4 Å². The number of nitrogens with zero attached hydrogens (tertiary/aromatic N) is 1. The molecule has 4 rings (SSSR count). The zero-order valence-corrected chi connectivity index (χ0v) is 17.1. The monoisotopic (exact) mass is 410 g/mol. The molecule has 7 heteroatoms. The Morgan fingerprint density at radius 2 is 1.90 bits per heavy atom. The number of nitrogens with one attached hydrogen (secondary N) is 1. The van der Waals surface area contributed by atoms with Crippen molar-refractivity contribution in [2.45, 2.75) is 42.4 Å². The van der Waals surface area contributed by atoms with E-state index in [9.17, 15) is 14.4 Å². The lowest BCUT2D eigenvalue weighted by Crippen LogP contribution is -2.48. The molecule has 0 radical (unpaired) electrons. The van der Waals surface area contributed by atoms with E-state index in [0.29, 0.717) is 18.0 Å². The molecule has 2 aliphatic rings. The number of hydrogen-bond acceptors (Lipinski definition) is 5. The summed E-state index contributed by atoms with van der Waals surface area (Å²) >= 11 is 1.32. The third-order valence-electron chi connectivity index (χ3n) is 5.19. The Morgan fingerprint density at radius 1 is 1.17 bits per heavy atom. The summed E-state index contributed by atoms with van der Waals surface area (Å²) in [5.41, 5.74) is 2.55. The van der Waals surface area contributed by atoms with Crippen molar-refractivity contribution in [3.8, 4) is 0 Å². The first-order chi connectivity index (χ1) is 13.9. The highest BCUT2D eigenvalue weighted by atomic mass is 32.2. The minimum absolute atomic E-state index is 0.103. The predicted octanol–water partition coefficient (Wildman–Crippen LogP) is 3.92. The zero-order chi connectivity index (χ0) is 20.6. The van der Waals surface area contributed by atoms with Gasteiger partial charge in [0.25, 0.3) is 5.91 Å². The van der Waals surface area contributed by atoms with E-state index in [4.69, 9.17) is 4.74 Å². The molecule has 0 bridgehead atoms. The van der Waals surface area contributed by atoms with E-state index < -0.39 is 23.4 Å². The van der Waals surface area contributed by atoms with Gasteiger partial charge in [-0.1, -0.05) is 49.9 Å². The highest BCUT2D eigenvalue weighted by molar-refractivity contribution is 8.02. The summed E-state index contributed by atoms with van der Waals surface area (Å²) in [5.74, 6) is -0.669. The number of fused-ring (bicyclic) bond motifs is 3. The molecular formula is C22H22N2O4S. The third kappa shape index (κ3) is 3.51. The lowest BCUT2D eigenvalue weighted by molar-refractivity contribution is -0.149. The average molecular weight is 410 g/mol. The maximum Gasteiger partial charge on any atom is 0.344 e. The summed E-state index contributed by atoms with van der Waals surface area (Å²) < 4.78 is 5.34. The first-order valence-corrected chi connectivity index (χ1v) is 10.4. The molecule has 2 aliphatic heterocycles. The van der Waals surface area contributed by atoms with E-state index in [0.717, 1.165) is 10.6 Å². The molecule has 1 fully saturated rings. The van der Waals surface area contributed by atoms with Gasteiger partial charge in [-0.05, 0) is 35.7 Å². The highest BCUT2D eigenvalue weighted by Crippen LogP contribution is 2.56. The Kier molecular flexibility index (Phi) is 5.08. The summed E-state index contributed by atoms with van der Waals surface area (Å²) in [7, 11) is 0. The molecule has 2 amide bonds. The number of anilines is 2. The van der Waals surface area contributed by atoms with Crippen LogP contribution in [0.3, 0.4) is 0 Å². The van der Waals surface area contributed by atoms with Crippen LogP contribution in [-0.4, -0.2) is 29.3 Å². The largest absolute Gasteiger partial charge is 0.453 e. The summed E-state index contributed by atoms with van der Waals surface area (Å²) in [6, 6.07) is 15.0. The first-order valence-electron chi connectivity index (χ1n) is 9.59. The number of ether oxygens (including phenoxy) is 1. The molecule has 1 saturated heterocycles. The van der Waals surface area contributed by atoms with Crippen molar-refractivity contribution in [3.05, 3.63) is 54.1 Å². The molecule has 29 heavy (non-hydrogen) atoms. The van der Waals surface area contributed by atoms with Crippen LogP contribution in [0.25, 0.3) is 0 Å². The van der Waals surface area contributed by atoms with Gasteiger partial charge in [0.15, 0.2) is 11.5 Å². The Hall–Kier alpha value is -2.80. The minimum atomic E-state index is -1.11. The molecule has 0 spiro atoms. The Bertz CT molecular complexity index is 973. The highest BCUT2D eigenvalue weighted by Gasteiger charge is 2.58. The molecule has 2 aromatic rings. The molecule has 0 saturated carbocycles. The van der Waals surface area contributed by atoms with Gasteiger partial charge in [0.05, 0.1) is 5.69 Å². The fraction of sp³-hybridized carbons (Fsp3) is 0.318. The fourth-order valence-corrected chi connectivity index (χ4v) is 5.08. The van der Waals surface area contributed by atoms with Gasteiger partial charge in [-0.25, -0.2) is 4.79 Å². The van der Waals surface area contributed by atoms with Crippen LogP contribution >= 0.6 is 11.8 Å². The van der Waals surface area contributed by atoms with Crippen molar-refractivity contribution >= 4 is 40.9 Å². The average Bonchev–Trinajstić information content (AvgIpc) is 3.22. The van der Waals surface area contributed by atoms with E-state index >= 15 is 0 Å². The summed E-state index contributed by atoms with van der Waals surface area (Å²) in [6.45, 7) is 3.80. The number of thioether (sulfide) groups is 1. The van der Waals surface area contributed by atoms with Gasteiger partial charge < -0.3 is 10.1 Å². The van der Waals surface area contributed by atoms with Gasteiger partial charge in [0.1, 0.15) is 0 Å². The van der Waals surface area contributed by atoms with E-state index in [1.54, 1.807) is 0 Å². The molecule has 1 N–H and O–H groups in total. The number of rotatable bonds is 5. The molecule has 0 unspecified atom stereocenters. The van der Waals surface area contributed by atoms with Crippen LogP contribution < -0.4 is 10.2 Å². The van der Waals surface area contributed by atoms with Crippen molar-refractivity contribution in [3.63, 3.8) is 0 Å². The van der Waals surface area contributed by atoms with Gasteiger partial charge in [-0.15, -0.1) is 0 Å². The van der Waals surface area contributed by atoms with Gasteiger partial charge in [0, 0.05) is 23.4 Å². The SMILES string of the molecule is CC(C)c1ccc(NC(=O)COC(=O)[C@@]23CCC(=O)N2c2ccccc2S3)cc1. The number of esters is 1. The van der Waals surface area contributed by atoms with Crippen molar-refractivity contribution in [1.82, 2.24) is 0 Å². The number of carbonyl (C=O) groups is 3. The first kappa shape index (κ1) is 19.5. The van der Waals surface area contributed by atoms with Crippen LogP contribution in [-0.2, 0) is 19.1 Å². The van der Waals surface area contributed by atoms with Crippen molar-refractivity contribution in [1.29, 1.82) is 0 Å². The van der Waals surface area contributed by atoms with Crippen LogP contribution in [0.1, 0.15) is 38.2 Å². The van der Waals surface area contributed by atoms with E-state index in [1.165, 1.54) is 22.2 Å². The predicted molar refractivity (Wildman–Crippen MR) is 112 cm³/mol. The van der Waals surface area contributed by atoms with Crippen molar-refractivity contribution in [2.24, 2.45) is 0 Å². The summed E-state index contributed by atoms with van der Waals surface area (Å²) in [5, 5.41) is 2.73. The van der Waals surface area contributed by atoms with Gasteiger partial charge >= 0.3 is 5.97 Å². The van der Waals surface area contributed by atoms with Gasteiger partial charge in [0.2, 0.25) is 5.91 Å². The molecule has 2 heterocycles. The standard InChI is InChI=1S/C22H22N2O4S/c1-14(2)15-7-9-16(10-8-15)23-19(25)13-28-21(27)22-12-11-20(26)24(22)17-5-3-4-6-18(17)29-22/h3-10,14H,11-13H2,1-2H3,(H,23,25)/t22-/m0/s1. The Balaban J connectivity index is 1.41. The van der Waals surface area contributed by atoms with Crippen LogP contribution in [0.15, 0.2) is 53.4 Å². The van der Waals surface area contributed by atoms with Crippen molar-refractivity contribution < 1.29 is 19.1 Å². The van der Waals surface area contributed by atoms with E-state index in [2.05, 4.69) is 19.2 Å². The summed E-state index contributed by atoms with van der Waals surface area (Å²) in [6.07, 6.45) is 0.646. The quantitative estimate of drug-likeness (QED) is 0.756. The van der Waals surface area contributed by atoms with Crippen LogP contribution in [0.5, 0.6) is 0 Å². The number of amides is 2. The lowest BCUT2D eigenvalue weighted by Gasteiger charge is -2.28. The van der Waals surface area contributed by atoms with E-state index in [-0.39, 0.29) is 12.3 Å². The second-order valence-corrected chi connectivity index (χ2v) is 8.80. The number of hydrogen-bond donors (Lipinski definition) is 1. The molecular weight excluding hydrogens is 388 g/mol. The third-order valence-corrected chi connectivity index (χ3v) is 6.64. The molecule has 2 aromatic carbocycles. The number of benzene rings is 2. The second-order valence-electron chi connectivity index (χ2n) is 7.48. The van der Waals surface area contributed by atoms with Crippen molar-refractivity contribution in [2.75, 3.05) is 16.8 Å². The van der Waals surface area contributed by atoms with Crippen LogP contribution in [0, 0.1) is 0 Å². The van der Waals surface area contributed by atoms with E-state index in [1.807, 2.05) is 48.5 Å². The Labute approximate surface area is 173 Å². The molecule has 150 valence electrons. The smallest absolute Gasteiger partial charge is 0.344 e. The molecule has 6 nitrogen and oxygen atoms in total. The van der Waals surface area contributed by atoms with Gasteiger partial charge in [-0.3, -0.25) is 14.5 Å². The normalized spacial score (nSPS) is 19.8. The fourth-order valence-electron chi connectivity index (χ4n) is 3.66. The maximum absolute atomic E-state index is 12.9.